The third-order valence-electron chi connectivity index (χ3n) is 8.92. The molecule has 1 N–H and O–H groups in total. The van der Waals surface area contributed by atoms with Crippen molar-refractivity contribution in [2.75, 3.05) is 31.5 Å². The predicted molar refractivity (Wildman–Crippen MR) is 170 cm³/mol. The van der Waals surface area contributed by atoms with Crippen molar-refractivity contribution in [3.05, 3.63) is 74.9 Å². The lowest BCUT2D eigenvalue weighted by atomic mass is 9.93. The van der Waals surface area contributed by atoms with Crippen LogP contribution in [0.2, 0.25) is 10.0 Å². The fourth-order valence-corrected chi connectivity index (χ4v) is 8.74. The van der Waals surface area contributed by atoms with Gasteiger partial charge in [0.15, 0.2) is 9.84 Å². The van der Waals surface area contributed by atoms with Crippen molar-refractivity contribution in [3.63, 3.8) is 0 Å². The second-order valence-corrected chi connectivity index (χ2v) is 14.5. The predicted octanol–water partition coefficient (Wildman–Crippen LogP) is 5.75. The maximum Gasteiger partial charge on any atom is 0.256 e. The quantitative estimate of drug-likeness (QED) is 0.388. The summed E-state index contributed by atoms with van der Waals surface area (Å²) in [7, 11) is -3.84. The smallest absolute Gasteiger partial charge is 0.256 e. The van der Waals surface area contributed by atoms with E-state index >= 15 is 0 Å². The first-order chi connectivity index (χ1) is 20.5. The second-order valence-electron chi connectivity index (χ2n) is 11.7. The number of anilines is 1. The molecule has 4 aliphatic heterocycles. The van der Waals surface area contributed by atoms with E-state index in [1.165, 1.54) is 25.0 Å². The van der Waals surface area contributed by atoms with Gasteiger partial charge < -0.3 is 15.1 Å². The highest BCUT2D eigenvalue weighted by Gasteiger charge is 2.38. The molecule has 2 amide bonds. The molecule has 0 aliphatic carbocycles. The average Bonchev–Trinajstić information content (AvgIpc) is 3.75. The van der Waals surface area contributed by atoms with Crippen LogP contribution in [0.4, 0.5) is 5.69 Å². The largest absolute Gasteiger partial charge is 0.335 e. The van der Waals surface area contributed by atoms with Gasteiger partial charge in [-0.25, -0.2) is 8.42 Å². The molecule has 2 aromatic rings. The number of aliphatic imine (C=N–C) groups is 1. The number of halogens is 2. The van der Waals surface area contributed by atoms with Gasteiger partial charge in [-0.1, -0.05) is 36.2 Å². The molecular weight excluding hydrogens is 607 g/mol. The van der Waals surface area contributed by atoms with Crippen LogP contribution in [0.1, 0.15) is 50.7 Å². The van der Waals surface area contributed by atoms with Crippen molar-refractivity contribution in [1.29, 1.82) is 0 Å². The van der Waals surface area contributed by atoms with Gasteiger partial charge in [-0.05, 0) is 82.1 Å². The highest BCUT2D eigenvalue weighted by Crippen LogP contribution is 2.38. The van der Waals surface area contributed by atoms with E-state index in [1.54, 1.807) is 30.3 Å². The minimum absolute atomic E-state index is 0.0201. The minimum Gasteiger partial charge on any atom is -0.335 e. The van der Waals surface area contributed by atoms with E-state index in [-0.39, 0.29) is 44.5 Å². The first-order valence-corrected chi connectivity index (χ1v) is 17.1. The molecule has 0 spiro atoms. The van der Waals surface area contributed by atoms with E-state index in [1.807, 2.05) is 18.7 Å². The van der Waals surface area contributed by atoms with Crippen molar-refractivity contribution in [2.45, 2.75) is 56.2 Å². The number of amides is 2. The molecule has 0 aromatic heterocycles. The Morgan fingerprint density at radius 1 is 1.09 bits per heavy atom. The standard InChI is InChI=1S/C32H34Cl2N4O4S/c1-19-29(35-20(2)30(19)32(40)38-14-6-7-21(38)17-37-12-3-4-13-37)16-24-23-15-22(10-11-28(23)36-31(24)39)43(41,42)18-25-26(33)8-5-9-27(25)34/h5,8-11,15-16,19,21H,3-4,6-7,12-14,17-18H2,1-2H3,(H,36,39)/b24-16-. The monoisotopic (exact) mass is 640 g/mol. The fraction of sp³-hybridized carbons (Fsp3) is 0.406. The third kappa shape index (κ3) is 5.80. The molecular formula is C32H34Cl2N4O4S. The molecule has 2 unspecified atom stereocenters. The number of carbonyl (C=O) groups excluding carboxylic acids is 2. The molecule has 2 atom stereocenters. The van der Waals surface area contributed by atoms with Gasteiger partial charge >= 0.3 is 0 Å². The Morgan fingerprint density at radius 2 is 1.81 bits per heavy atom. The Morgan fingerprint density at radius 3 is 2.53 bits per heavy atom. The van der Waals surface area contributed by atoms with Gasteiger partial charge in [0.05, 0.1) is 16.2 Å². The van der Waals surface area contributed by atoms with Gasteiger partial charge in [0, 0.05) is 68.9 Å². The van der Waals surface area contributed by atoms with Gasteiger partial charge in [-0.15, -0.1) is 0 Å². The SMILES string of the molecule is CC1=C(C(=O)N2CCCC2CN2CCCC2)C(C)C(/C=C2\C(=O)Nc3ccc(S(=O)(=O)Cc4c(Cl)cccc4Cl)cc32)=N1. The molecule has 4 aliphatic rings. The van der Waals surface area contributed by atoms with Crippen LogP contribution in [0, 0.1) is 5.92 Å². The first kappa shape index (κ1) is 30.1. The number of hydrogen-bond acceptors (Lipinski definition) is 6. The molecule has 226 valence electrons. The summed E-state index contributed by atoms with van der Waals surface area (Å²) in [5.74, 6) is -1.01. The molecule has 2 saturated heterocycles. The molecule has 2 aromatic carbocycles. The highest BCUT2D eigenvalue weighted by molar-refractivity contribution is 7.90. The van der Waals surface area contributed by atoms with Gasteiger partial charge in [-0.3, -0.25) is 14.6 Å². The number of hydrogen-bond donors (Lipinski definition) is 1. The molecule has 0 bridgehead atoms. The molecule has 6 rings (SSSR count). The molecule has 8 nitrogen and oxygen atoms in total. The number of nitrogens with one attached hydrogen (secondary N) is 1. The van der Waals surface area contributed by atoms with Crippen LogP contribution in [0.15, 0.2) is 63.6 Å². The molecule has 11 heteroatoms. The molecule has 0 saturated carbocycles. The Bertz CT molecular complexity index is 1690. The Hall–Kier alpha value is -2.98. The summed E-state index contributed by atoms with van der Waals surface area (Å²) in [5, 5.41) is 3.36. The lowest BCUT2D eigenvalue weighted by Gasteiger charge is -2.30. The second kappa shape index (κ2) is 11.8. The number of sulfone groups is 1. The summed E-state index contributed by atoms with van der Waals surface area (Å²) >= 11 is 12.5. The minimum atomic E-state index is -3.84. The van der Waals surface area contributed by atoms with Crippen LogP contribution < -0.4 is 5.32 Å². The van der Waals surface area contributed by atoms with Crippen molar-refractivity contribution >= 4 is 61.8 Å². The van der Waals surface area contributed by atoms with Crippen LogP contribution in [0.3, 0.4) is 0 Å². The van der Waals surface area contributed by atoms with Crippen molar-refractivity contribution in [1.82, 2.24) is 9.80 Å². The highest BCUT2D eigenvalue weighted by atomic mass is 35.5. The zero-order valence-electron chi connectivity index (χ0n) is 24.2. The van der Waals surface area contributed by atoms with Gasteiger partial charge in [0.25, 0.3) is 11.8 Å². The summed E-state index contributed by atoms with van der Waals surface area (Å²) in [4.78, 5) is 36.2. The van der Waals surface area contributed by atoms with Crippen molar-refractivity contribution in [3.8, 4) is 0 Å². The number of carbonyl (C=O) groups is 2. The van der Waals surface area contributed by atoms with Crippen molar-refractivity contribution in [2.24, 2.45) is 10.9 Å². The summed E-state index contributed by atoms with van der Waals surface area (Å²) < 4.78 is 26.8. The van der Waals surface area contributed by atoms with E-state index < -0.39 is 9.84 Å². The van der Waals surface area contributed by atoms with Crippen LogP contribution in [-0.2, 0) is 25.2 Å². The van der Waals surface area contributed by atoms with E-state index in [0.29, 0.717) is 39.4 Å². The normalized spacial score (nSPS) is 23.3. The maximum absolute atomic E-state index is 13.8. The number of rotatable bonds is 7. The Balaban J connectivity index is 1.24. The number of allylic oxidation sites excluding steroid dienone is 2. The van der Waals surface area contributed by atoms with Crippen molar-refractivity contribution < 1.29 is 18.0 Å². The topological polar surface area (TPSA) is 99.1 Å². The zero-order chi connectivity index (χ0) is 30.5. The molecule has 43 heavy (non-hydrogen) atoms. The van der Waals surface area contributed by atoms with E-state index in [2.05, 4.69) is 10.2 Å². The third-order valence-corrected chi connectivity index (χ3v) is 11.3. The van der Waals surface area contributed by atoms with E-state index in [9.17, 15) is 18.0 Å². The number of likely N-dealkylation sites (tertiary alicyclic amines) is 2. The van der Waals surface area contributed by atoms with Gasteiger partial charge in [0.1, 0.15) is 0 Å². The van der Waals surface area contributed by atoms with Crippen LogP contribution in [-0.4, -0.2) is 68.0 Å². The fourth-order valence-electron chi connectivity index (χ4n) is 6.62. The number of benzene rings is 2. The van der Waals surface area contributed by atoms with Gasteiger partial charge in [0.2, 0.25) is 0 Å². The molecule has 4 heterocycles. The average molecular weight is 642 g/mol. The summed E-state index contributed by atoms with van der Waals surface area (Å²) in [6, 6.07) is 9.61. The Labute approximate surface area is 262 Å². The lowest BCUT2D eigenvalue weighted by molar-refractivity contribution is -0.128. The first-order valence-electron chi connectivity index (χ1n) is 14.7. The number of fused-ring (bicyclic) bond motifs is 1. The molecule has 0 radical (unpaired) electrons. The lowest BCUT2D eigenvalue weighted by Crippen LogP contribution is -2.44. The van der Waals surface area contributed by atoms with Gasteiger partial charge in [-0.2, -0.15) is 0 Å². The van der Waals surface area contributed by atoms with E-state index in [0.717, 1.165) is 39.0 Å². The zero-order valence-corrected chi connectivity index (χ0v) is 26.5. The summed E-state index contributed by atoms with van der Waals surface area (Å²) in [5.41, 5.74) is 3.53. The summed E-state index contributed by atoms with van der Waals surface area (Å²) in [6.45, 7) is 7.62. The van der Waals surface area contributed by atoms with E-state index in [4.69, 9.17) is 28.2 Å². The number of nitrogens with zero attached hydrogens (tertiary/aromatic N) is 3. The van der Waals surface area contributed by atoms with Crippen LogP contribution in [0.25, 0.3) is 5.57 Å². The molecule has 2 fully saturated rings. The van der Waals surface area contributed by atoms with Crippen LogP contribution >= 0.6 is 23.2 Å². The summed E-state index contributed by atoms with van der Waals surface area (Å²) in [6.07, 6.45) is 6.11. The maximum atomic E-state index is 13.8. The van der Waals surface area contributed by atoms with Crippen LogP contribution in [0.5, 0.6) is 0 Å². The Kier molecular flexibility index (Phi) is 8.28.